The number of aromatic nitrogens is 3. The summed E-state index contributed by atoms with van der Waals surface area (Å²) in [7, 11) is -2.77. The zero-order valence-electron chi connectivity index (χ0n) is 18.1. The van der Waals surface area contributed by atoms with Crippen molar-refractivity contribution in [1.82, 2.24) is 19.9 Å². The molecule has 2 heterocycles. The van der Waals surface area contributed by atoms with Gasteiger partial charge in [0.15, 0.2) is 5.58 Å². The lowest BCUT2D eigenvalue weighted by molar-refractivity contribution is 0.0838. The first-order valence-corrected chi connectivity index (χ1v) is 11.6. The van der Waals surface area contributed by atoms with Gasteiger partial charge in [0.25, 0.3) is 5.91 Å². The highest BCUT2D eigenvalue weighted by atomic mass is 31.2. The van der Waals surface area contributed by atoms with Crippen LogP contribution in [-0.2, 0) is 16.3 Å². The highest BCUT2D eigenvalue weighted by molar-refractivity contribution is 7.45. The van der Waals surface area contributed by atoms with Gasteiger partial charge in [-0.2, -0.15) is 4.98 Å². The largest absolute Gasteiger partial charge is 0.466 e. The molecule has 34 heavy (non-hydrogen) atoms. The summed E-state index contributed by atoms with van der Waals surface area (Å²) < 4.78 is 21.6. The Balaban J connectivity index is 0.000000588. The summed E-state index contributed by atoms with van der Waals surface area (Å²) in [5, 5.41) is 14.5. The lowest BCUT2D eigenvalue weighted by atomic mass is 10.2. The number of carbonyl (C=O) groups is 1. The van der Waals surface area contributed by atoms with Gasteiger partial charge in [0.05, 0.1) is 30.9 Å². The number of amides is 1. The van der Waals surface area contributed by atoms with Crippen LogP contribution in [0.3, 0.4) is 0 Å². The summed E-state index contributed by atoms with van der Waals surface area (Å²) in [6, 6.07) is 13.2. The number of rotatable bonds is 8. The average molecular weight is 493 g/mol. The van der Waals surface area contributed by atoms with Crippen molar-refractivity contribution >= 4 is 47.8 Å². The SMILES string of the molecule is Cn1c(Nc2nc3ccccc3o2)nc2cc(C(=O)NCCOCCO)ccc21.O=P(O)(O)O. The predicted molar refractivity (Wildman–Crippen MR) is 123 cm³/mol. The van der Waals surface area contributed by atoms with Crippen LogP contribution in [0.15, 0.2) is 46.9 Å². The maximum Gasteiger partial charge on any atom is 0.466 e. The van der Waals surface area contributed by atoms with E-state index < -0.39 is 7.82 Å². The van der Waals surface area contributed by atoms with E-state index in [1.165, 1.54) is 0 Å². The molecule has 0 aliphatic heterocycles. The molecule has 4 rings (SSSR count). The van der Waals surface area contributed by atoms with Crippen LogP contribution in [0, 0.1) is 0 Å². The second-order valence-corrected chi connectivity index (χ2v) is 7.94. The number of phosphoric acid groups is 1. The number of fused-ring (bicyclic) bond motifs is 2. The highest BCUT2D eigenvalue weighted by Crippen LogP contribution is 2.26. The first-order valence-electron chi connectivity index (χ1n) is 10.00. The van der Waals surface area contributed by atoms with Gasteiger partial charge in [-0.3, -0.25) is 10.1 Å². The Labute approximate surface area is 193 Å². The Bertz CT molecular complexity index is 1270. The molecule has 0 aliphatic carbocycles. The fourth-order valence-electron chi connectivity index (χ4n) is 2.98. The Morgan fingerprint density at radius 3 is 2.56 bits per heavy atom. The van der Waals surface area contributed by atoms with Gasteiger partial charge in [-0.15, -0.1) is 0 Å². The van der Waals surface area contributed by atoms with Crippen molar-refractivity contribution in [3.8, 4) is 0 Å². The van der Waals surface area contributed by atoms with Gasteiger partial charge in [-0.05, 0) is 30.3 Å². The second kappa shape index (κ2) is 11.2. The number of imidazole rings is 1. The second-order valence-electron chi connectivity index (χ2n) is 6.91. The van der Waals surface area contributed by atoms with E-state index in [1.54, 1.807) is 12.1 Å². The number of hydrogen-bond donors (Lipinski definition) is 6. The summed E-state index contributed by atoms with van der Waals surface area (Å²) in [6.45, 7) is 0.927. The Kier molecular flexibility index (Phi) is 8.34. The number of anilines is 2. The summed E-state index contributed by atoms with van der Waals surface area (Å²) in [5.41, 5.74) is 3.50. The van der Waals surface area contributed by atoms with Crippen molar-refractivity contribution in [2.45, 2.75) is 0 Å². The maximum absolute atomic E-state index is 12.3. The number of hydrogen-bond acceptors (Lipinski definition) is 8. The van der Waals surface area contributed by atoms with Crippen molar-refractivity contribution in [1.29, 1.82) is 0 Å². The summed E-state index contributed by atoms with van der Waals surface area (Å²) in [4.78, 5) is 42.8. The molecule has 0 radical (unpaired) electrons. The van der Waals surface area contributed by atoms with Gasteiger partial charge in [-0.1, -0.05) is 12.1 Å². The fraction of sp³-hybridized carbons (Fsp3) is 0.250. The standard InChI is InChI=1S/C20H21N5O4.H3O4P/c1-25-16-7-6-13(18(27)21-8-10-28-11-9-26)12-15(16)22-19(25)24-20-23-14-4-2-3-5-17(14)29-20;1-5(2,3)4/h2-7,12,26H,8-11H2,1H3,(H,21,27)(H,22,23,24);(H3,1,2,3,4). The smallest absolute Gasteiger partial charge is 0.423 e. The average Bonchev–Trinajstić information content (AvgIpc) is 3.32. The van der Waals surface area contributed by atoms with Gasteiger partial charge in [0.1, 0.15) is 5.52 Å². The van der Waals surface area contributed by atoms with Crippen molar-refractivity contribution < 1.29 is 38.3 Å². The third kappa shape index (κ3) is 7.09. The van der Waals surface area contributed by atoms with Gasteiger partial charge in [-0.25, -0.2) is 9.55 Å². The number of nitrogens with zero attached hydrogens (tertiary/aromatic N) is 3. The van der Waals surface area contributed by atoms with E-state index in [0.717, 1.165) is 11.0 Å². The third-order valence-corrected chi connectivity index (χ3v) is 4.42. The zero-order chi connectivity index (χ0) is 24.7. The molecular formula is C20H24N5O8P. The molecular weight excluding hydrogens is 469 g/mol. The van der Waals surface area contributed by atoms with Crippen LogP contribution in [0.1, 0.15) is 10.4 Å². The molecule has 0 spiro atoms. The van der Waals surface area contributed by atoms with Crippen LogP contribution in [0.2, 0.25) is 0 Å². The Morgan fingerprint density at radius 2 is 1.85 bits per heavy atom. The first kappa shape index (κ1) is 25.3. The van der Waals surface area contributed by atoms with E-state index in [4.69, 9.17) is 33.5 Å². The van der Waals surface area contributed by atoms with Crippen LogP contribution in [0.4, 0.5) is 12.0 Å². The number of aryl methyl sites for hydroxylation is 1. The van der Waals surface area contributed by atoms with Crippen LogP contribution in [-0.4, -0.2) is 66.6 Å². The number of ether oxygens (including phenoxy) is 1. The predicted octanol–water partition coefficient (Wildman–Crippen LogP) is 1.27. The molecule has 0 bridgehead atoms. The molecule has 0 fully saturated rings. The van der Waals surface area contributed by atoms with E-state index in [0.29, 0.717) is 41.8 Å². The number of benzene rings is 2. The molecule has 0 saturated heterocycles. The van der Waals surface area contributed by atoms with Crippen molar-refractivity contribution in [2.24, 2.45) is 7.05 Å². The van der Waals surface area contributed by atoms with E-state index in [2.05, 4.69) is 20.6 Å². The molecule has 14 heteroatoms. The highest BCUT2D eigenvalue weighted by Gasteiger charge is 2.14. The molecule has 2 aromatic carbocycles. The van der Waals surface area contributed by atoms with Gasteiger partial charge < -0.3 is 38.8 Å². The van der Waals surface area contributed by atoms with E-state index in [-0.39, 0.29) is 19.1 Å². The van der Waals surface area contributed by atoms with Crippen LogP contribution < -0.4 is 10.6 Å². The fourth-order valence-corrected chi connectivity index (χ4v) is 2.98. The number of aliphatic hydroxyl groups is 1. The number of carbonyl (C=O) groups excluding carboxylic acids is 1. The molecule has 6 N–H and O–H groups in total. The number of nitrogens with one attached hydrogen (secondary N) is 2. The molecule has 0 saturated carbocycles. The van der Waals surface area contributed by atoms with Crippen LogP contribution in [0.5, 0.6) is 0 Å². The normalized spacial score (nSPS) is 11.3. The summed E-state index contributed by atoms with van der Waals surface area (Å²) >= 11 is 0. The quantitative estimate of drug-likeness (QED) is 0.153. The topological polar surface area (TPSA) is 192 Å². The first-order chi connectivity index (χ1) is 16.2. The Morgan fingerprint density at radius 1 is 1.12 bits per heavy atom. The maximum atomic E-state index is 12.3. The van der Waals surface area contributed by atoms with Crippen molar-refractivity contribution in [3.63, 3.8) is 0 Å². The number of oxazole rings is 1. The molecule has 0 aliphatic rings. The molecule has 1 amide bonds. The minimum absolute atomic E-state index is 0.0375. The molecule has 13 nitrogen and oxygen atoms in total. The van der Waals surface area contributed by atoms with E-state index in [1.807, 2.05) is 41.9 Å². The molecule has 0 atom stereocenters. The summed E-state index contributed by atoms with van der Waals surface area (Å²) in [6.07, 6.45) is 0. The zero-order valence-corrected chi connectivity index (χ0v) is 19.0. The Hall–Kier alpha value is -3.32. The van der Waals surface area contributed by atoms with Crippen LogP contribution >= 0.6 is 7.82 Å². The van der Waals surface area contributed by atoms with Gasteiger partial charge >= 0.3 is 13.8 Å². The van der Waals surface area contributed by atoms with E-state index in [9.17, 15) is 4.79 Å². The lowest BCUT2D eigenvalue weighted by Crippen LogP contribution is -2.27. The minimum atomic E-state index is -4.64. The minimum Gasteiger partial charge on any atom is -0.423 e. The molecule has 182 valence electrons. The molecule has 2 aromatic heterocycles. The number of aliphatic hydroxyl groups excluding tert-OH is 1. The van der Waals surface area contributed by atoms with Gasteiger partial charge in [0.2, 0.25) is 5.95 Å². The summed E-state index contributed by atoms with van der Waals surface area (Å²) in [5.74, 6) is 0.347. The van der Waals surface area contributed by atoms with Crippen LogP contribution in [0.25, 0.3) is 22.1 Å². The number of para-hydroxylation sites is 2. The van der Waals surface area contributed by atoms with E-state index >= 15 is 0 Å². The van der Waals surface area contributed by atoms with Crippen molar-refractivity contribution in [3.05, 3.63) is 48.0 Å². The third-order valence-electron chi connectivity index (χ3n) is 4.42. The van der Waals surface area contributed by atoms with Crippen molar-refractivity contribution in [2.75, 3.05) is 31.7 Å². The van der Waals surface area contributed by atoms with Gasteiger partial charge in [0, 0.05) is 19.2 Å². The molecule has 0 unspecified atom stereocenters. The monoisotopic (exact) mass is 493 g/mol. The molecule has 4 aromatic rings. The lowest BCUT2D eigenvalue weighted by Gasteiger charge is -2.06.